The molecule has 0 saturated heterocycles. The fourth-order valence-electron chi connectivity index (χ4n) is 5.86. The molecular formula is C35H34F2N4O6S. The zero-order valence-electron chi connectivity index (χ0n) is 26.1. The maximum Gasteiger partial charge on any atom is 0.306 e. The van der Waals surface area contributed by atoms with Crippen molar-refractivity contribution in [1.82, 2.24) is 20.3 Å². The highest BCUT2D eigenvalue weighted by atomic mass is 32.2. The van der Waals surface area contributed by atoms with Crippen LogP contribution in [0.15, 0.2) is 67.0 Å². The van der Waals surface area contributed by atoms with E-state index < -0.39 is 33.4 Å². The van der Waals surface area contributed by atoms with Crippen LogP contribution in [0.5, 0.6) is 11.5 Å². The van der Waals surface area contributed by atoms with Crippen molar-refractivity contribution in [2.75, 3.05) is 18.1 Å². The minimum absolute atomic E-state index is 0.0415. The lowest BCUT2D eigenvalue weighted by Gasteiger charge is -2.19. The highest BCUT2D eigenvalue weighted by Gasteiger charge is 2.24. The molecule has 4 bridgehead atoms. The highest BCUT2D eigenvalue weighted by Crippen LogP contribution is 2.37. The van der Waals surface area contributed by atoms with Gasteiger partial charge in [-0.05, 0) is 61.6 Å². The van der Waals surface area contributed by atoms with Crippen molar-refractivity contribution in [3.63, 3.8) is 0 Å². The second kappa shape index (κ2) is 14.0. The van der Waals surface area contributed by atoms with E-state index in [9.17, 15) is 18.0 Å². The molecule has 2 aromatic heterocycles. The number of amides is 1. The van der Waals surface area contributed by atoms with E-state index in [0.717, 1.165) is 5.56 Å². The number of hydrogen-bond donors (Lipinski definition) is 3. The second-order valence-corrected chi connectivity index (χ2v) is 13.9. The van der Waals surface area contributed by atoms with E-state index in [1.54, 1.807) is 31.3 Å². The van der Waals surface area contributed by atoms with Gasteiger partial charge in [0.15, 0.2) is 21.4 Å². The number of rotatable bonds is 5. The van der Waals surface area contributed by atoms with Crippen molar-refractivity contribution in [2.24, 2.45) is 0 Å². The maximum atomic E-state index is 15.5. The van der Waals surface area contributed by atoms with Gasteiger partial charge in [-0.25, -0.2) is 22.2 Å². The number of nitrogens with zero attached hydrogens (tertiary/aromatic N) is 1. The Balaban J connectivity index is 1.40. The van der Waals surface area contributed by atoms with Gasteiger partial charge in [0.25, 0.3) is 0 Å². The Morgan fingerprint density at radius 1 is 1.06 bits per heavy atom. The minimum atomic E-state index is -3.65. The molecule has 1 amide bonds. The van der Waals surface area contributed by atoms with Crippen molar-refractivity contribution >= 4 is 32.6 Å². The molecule has 0 saturated carbocycles. The van der Waals surface area contributed by atoms with Gasteiger partial charge < -0.3 is 24.8 Å². The first-order valence-electron chi connectivity index (χ1n) is 15.7. The minimum Gasteiger partial charge on any atom is -0.466 e. The number of imidazole rings is 1. The monoisotopic (exact) mass is 676 g/mol. The highest BCUT2D eigenvalue weighted by molar-refractivity contribution is 7.91. The van der Waals surface area contributed by atoms with Crippen LogP contribution in [0.1, 0.15) is 54.6 Å². The van der Waals surface area contributed by atoms with Crippen LogP contribution in [-0.2, 0) is 37.0 Å². The second-order valence-electron chi connectivity index (χ2n) is 11.6. The van der Waals surface area contributed by atoms with Crippen LogP contribution in [0.3, 0.4) is 0 Å². The molecule has 5 aromatic rings. The first kappa shape index (κ1) is 32.9. The zero-order valence-corrected chi connectivity index (χ0v) is 27.0. The van der Waals surface area contributed by atoms with Gasteiger partial charge >= 0.3 is 5.97 Å². The van der Waals surface area contributed by atoms with Gasteiger partial charge in [0, 0.05) is 41.6 Å². The van der Waals surface area contributed by atoms with Gasteiger partial charge in [-0.3, -0.25) is 9.59 Å². The number of halogens is 2. The number of hydrogen-bond acceptors (Lipinski definition) is 7. The fraction of sp³-hybridized carbons (Fsp3) is 0.286. The average molecular weight is 677 g/mol. The first-order chi connectivity index (χ1) is 23.1. The maximum absolute atomic E-state index is 15.5. The van der Waals surface area contributed by atoms with Crippen LogP contribution < -0.4 is 10.1 Å². The molecule has 6 rings (SSSR count). The summed E-state index contributed by atoms with van der Waals surface area (Å²) in [6.45, 7) is 2.02. The molecular weight excluding hydrogens is 642 g/mol. The normalized spacial score (nSPS) is 16.6. The van der Waals surface area contributed by atoms with Crippen LogP contribution >= 0.6 is 0 Å². The van der Waals surface area contributed by atoms with E-state index in [4.69, 9.17) is 9.47 Å². The van der Waals surface area contributed by atoms with E-state index >= 15 is 8.78 Å². The lowest BCUT2D eigenvalue weighted by molar-refractivity contribution is -0.143. The van der Waals surface area contributed by atoms with E-state index in [1.165, 1.54) is 30.5 Å². The molecule has 1 aliphatic rings. The fourth-order valence-corrected chi connectivity index (χ4v) is 7.17. The van der Waals surface area contributed by atoms with Crippen LogP contribution in [-0.4, -0.2) is 53.4 Å². The summed E-state index contributed by atoms with van der Waals surface area (Å²) in [5.74, 6) is -2.47. The largest absolute Gasteiger partial charge is 0.466 e. The summed E-state index contributed by atoms with van der Waals surface area (Å²) < 4.78 is 68.0. The Bertz CT molecular complexity index is 2090. The summed E-state index contributed by atoms with van der Waals surface area (Å²) in [6.07, 6.45) is 3.65. The van der Waals surface area contributed by atoms with E-state index in [0.29, 0.717) is 34.1 Å². The Kier molecular flexibility index (Phi) is 9.58. The number of aromatic amines is 2. The first-order valence-corrected chi connectivity index (χ1v) is 17.5. The van der Waals surface area contributed by atoms with Crippen molar-refractivity contribution < 1.29 is 36.3 Å². The molecule has 1 unspecified atom stereocenters. The van der Waals surface area contributed by atoms with Crippen LogP contribution in [0.2, 0.25) is 0 Å². The molecule has 1 atom stereocenters. The number of carbonyl (C=O) groups is 2. The third-order valence-electron chi connectivity index (χ3n) is 8.22. The predicted octanol–water partition coefficient (Wildman–Crippen LogP) is 6.08. The van der Waals surface area contributed by atoms with E-state index in [2.05, 4.69) is 20.3 Å². The lowest BCUT2D eigenvalue weighted by atomic mass is 9.99. The van der Waals surface area contributed by atoms with E-state index in [1.807, 2.05) is 12.1 Å². The SMILES string of the molecule is CCOC(=O)CCc1cccc(C2NC(=O)CCCS(=O)(=O)CCc3c(c(F)cc4[nH]ccc34)Oc3ccc(F)c(c3)-c3ncc2[nH]3)c1. The number of esters is 1. The van der Waals surface area contributed by atoms with Gasteiger partial charge in [0.1, 0.15) is 17.4 Å². The Morgan fingerprint density at radius 2 is 1.92 bits per heavy atom. The summed E-state index contributed by atoms with van der Waals surface area (Å²) in [5.41, 5.74) is 2.82. The quantitative estimate of drug-likeness (QED) is 0.192. The Labute approximate surface area is 275 Å². The molecule has 13 heteroatoms. The Hall–Kier alpha value is -5.04. The number of sulfone groups is 1. The topological polar surface area (TPSA) is 143 Å². The van der Waals surface area contributed by atoms with Crippen LogP contribution in [0.25, 0.3) is 22.3 Å². The van der Waals surface area contributed by atoms with Gasteiger partial charge in [0.05, 0.1) is 41.6 Å². The number of ether oxygens (including phenoxy) is 2. The summed E-state index contributed by atoms with van der Waals surface area (Å²) in [4.78, 5) is 35.7. The standard InChI is InChI=1S/C35H34F2N4O6S/c1-2-46-32(43)11-8-21-5-3-6-22(17-21)33-30-20-39-35(40-30)26-18-23(9-10-27(26)36)47-34-25(24-12-14-38-29(24)19-28(34)37)13-16-48(44,45)15-4-7-31(42)41-33/h3,5-6,9-10,12,14,17-20,33,38H,2,4,7-8,11,13,15-16H2,1H3,(H,39,40)(H,41,42). The molecule has 0 aliphatic carbocycles. The molecule has 3 aromatic carbocycles. The Morgan fingerprint density at radius 3 is 2.75 bits per heavy atom. The number of H-pyrrole nitrogens is 2. The smallest absolute Gasteiger partial charge is 0.306 e. The molecule has 0 spiro atoms. The molecule has 0 fully saturated rings. The number of carbonyl (C=O) groups excluding carboxylic acids is 2. The van der Waals surface area contributed by atoms with Gasteiger partial charge in [-0.15, -0.1) is 0 Å². The van der Waals surface area contributed by atoms with E-state index in [-0.39, 0.29) is 72.7 Å². The molecule has 250 valence electrons. The number of benzene rings is 3. The molecule has 3 heterocycles. The summed E-state index contributed by atoms with van der Waals surface area (Å²) in [5, 5.41) is 3.57. The summed E-state index contributed by atoms with van der Waals surface area (Å²) in [6, 6.07) is 13.4. The third kappa shape index (κ3) is 7.41. The molecule has 0 radical (unpaired) electrons. The molecule has 10 nitrogen and oxygen atoms in total. The van der Waals surface area contributed by atoms with Crippen molar-refractivity contribution in [1.29, 1.82) is 0 Å². The number of aryl methyl sites for hydroxylation is 2. The third-order valence-corrected chi connectivity index (χ3v) is 9.96. The van der Waals surface area contributed by atoms with Crippen LogP contribution in [0.4, 0.5) is 8.78 Å². The molecule has 1 aliphatic heterocycles. The number of aromatic nitrogens is 3. The average Bonchev–Trinajstić information content (AvgIpc) is 3.73. The molecule has 48 heavy (non-hydrogen) atoms. The molecule has 3 N–H and O–H groups in total. The van der Waals surface area contributed by atoms with Crippen molar-refractivity contribution in [2.45, 2.75) is 45.1 Å². The lowest BCUT2D eigenvalue weighted by Crippen LogP contribution is -2.30. The van der Waals surface area contributed by atoms with Gasteiger partial charge in [0.2, 0.25) is 5.91 Å². The zero-order chi connectivity index (χ0) is 33.8. The summed E-state index contributed by atoms with van der Waals surface area (Å²) in [7, 11) is -3.65. The predicted molar refractivity (Wildman–Crippen MR) is 175 cm³/mol. The van der Waals surface area contributed by atoms with Crippen molar-refractivity contribution in [3.05, 3.63) is 101 Å². The summed E-state index contributed by atoms with van der Waals surface area (Å²) >= 11 is 0. The van der Waals surface area contributed by atoms with Gasteiger partial charge in [-0.2, -0.15) is 0 Å². The van der Waals surface area contributed by atoms with Crippen molar-refractivity contribution in [3.8, 4) is 22.9 Å². The van der Waals surface area contributed by atoms with Crippen LogP contribution in [0, 0.1) is 11.6 Å². The van der Waals surface area contributed by atoms with Gasteiger partial charge in [-0.1, -0.05) is 24.3 Å². The number of fused-ring (bicyclic) bond motifs is 8. The number of nitrogens with one attached hydrogen (secondary N) is 3.